The minimum atomic E-state index is -0.243. The molecule has 3 nitrogen and oxygen atoms in total. The number of esters is 1. The van der Waals surface area contributed by atoms with E-state index in [1.165, 1.54) is 4.88 Å². The highest BCUT2D eigenvalue weighted by Crippen LogP contribution is 2.23. The first kappa shape index (κ1) is 17.3. The van der Waals surface area contributed by atoms with Crippen LogP contribution in [0.25, 0.3) is 11.1 Å². The highest BCUT2D eigenvalue weighted by atomic mass is 32.2. The van der Waals surface area contributed by atoms with E-state index in [2.05, 4.69) is 12.1 Å². The molecular formula is C20H15NO2S2. The second-order valence-corrected chi connectivity index (χ2v) is 7.28. The standard InChI is InChI=1S/C20H15NO2S2/c21-12-15-3-5-16(6-4-15)17-7-9-18(10-8-17)23-20(22)14-24-13-19-2-1-11-25-19/h1-11H,13-14H2. The molecule has 0 bridgehead atoms. The molecule has 2 aromatic carbocycles. The van der Waals surface area contributed by atoms with Gasteiger partial charge in [0.2, 0.25) is 0 Å². The Morgan fingerprint density at radius 1 is 1.04 bits per heavy atom. The third-order valence-electron chi connectivity index (χ3n) is 3.48. The maximum atomic E-state index is 11.9. The number of benzene rings is 2. The first-order chi connectivity index (χ1) is 12.2. The smallest absolute Gasteiger partial charge is 0.321 e. The van der Waals surface area contributed by atoms with Crippen molar-refractivity contribution in [3.05, 3.63) is 76.5 Å². The summed E-state index contributed by atoms with van der Waals surface area (Å²) in [7, 11) is 0. The zero-order valence-corrected chi connectivity index (χ0v) is 15.0. The lowest BCUT2D eigenvalue weighted by atomic mass is 10.0. The fourth-order valence-electron chi connectivity index (χ4n) is 2.24. The average molecular weight is 365 g/mol. The van der Waals surface area contributed by atoms with E-state index < -0.39 is 0 Å². The number of nitriles is 1. The summed E-state index contributed by atoms with van der Waals surface area (Å²) >= 11 is 3.24. The molecule has 3 rings (SSSR count). The summed E-state index contributed by atoms with van der Waals surface area (Å²) in [5.41, 5.74) is 2.66. The van der Waals surface area contributed by atoms with Crippen LogP contribution in [0.2, 0.25) is 0 Å². The van der Waals surface area contributed by atoms with Gasteiger partial charge in [0.25, 0.3) is 0 Å². The molecule has 0 amide bonds. The number of thiophene rings is 1. The van der Waals surface area contributed by atoms with Gasteiger partial charge in [-0.2, -0.15) is 5.26 Å². The van der Waals surface area contributed by atoms with E-state index in [9.17, 15) is 4.79 Å². The Balaban J connectivity index is 1.53. The second-order valence-electron chi connectivity index (χ2n) is 5.26. The van der Waals surface area contributed by atoms with Gasteiger partial charge in [0.05, 0.1) is 17.4 Å². The lowest BCUT2D eigenvalue weighted by Gasteiger charge is -2.06. The zero-order valence-electron chi connectivity index (χ0n) is 13.3. The van der Waals surface area contributed by atoms with Crippen LogP contribution in [0.1, 0.15) is 10.4 Å². The van der Waals surface area contributed by atoms with Crippen LogP contribution in [0, 0.1) is 11.3 Å². The van der Waals surface area contributed by atoms with Crippen molar-refractivity contribution in [3.63, 3.8) is 0 Å². The highest BCUT2D eigenvalue weighted by molar-refractivity contribution is 7.99. The van der Waals surface area contributed by atoms with Gasteiger partial charge in [-0.25, -0.2) is 0 Å². The van der Waals surface area contributed by atoms with Gasteiger partial charge >= 0.3 is 5.97 Å². The van der Waals surface area contributed by atoms with Gasteiger partial charge in [0.1, 0.15) is 5.75 Å². The lowest BCUT2D eigenvalue weighted by molar-refractivity contribution is -0.131. The molecule has 1 heterocycles. The lowest BCUT2D eigenvalue weighted by Crippen LogP contribution is -2.10. The maximum Gasteiger partial charge on any atom is 0.321 e. The van der Waals surface area contributed by atoms with Gasteiger partial charge in [-0.1, -0.05) is 30.3 Å². The topological polar surface area (TPSA) is 50.1 Å². The molecule has 0 radical (unpaired) electrons. The Kier molecular flexibility index (Phi) is 5.89. The van der Waals surface area contributed by atoms with Crippen molar-refractivity contribution < 1.29 is 9.53 Å². The number of rotatable bonds is 6. The predicted octanol–water partition coefficient (Wildman–Crippen LogP) is 5.13. The van der Waals surface area contributed by atoms with Crippen LogP contribution in [0.15, 0.2) is 66.0 Å². The number of hydrogen-bond donors (Lipinski definition) is 0. The SMILES string of the molecule is N#Cc1ccc(-c2ccc(OC(=O)CSCc3cccs3)cc2)cc1. The normalized spacial score (nSPS) is 10.2. The van der Waals surface area contributed by atoms with Crippen LogP contribution in [0.3, 0.4) is 0 Å². The van der Waals surface area contributed by atoms with Crippen molar-refractivity contribution in [3.8, 4) is 22.9 Å². The molecule has 0 N–H and O–H groups in total. The van der Waals surface area contributed by atoms with Gasteiger partial charge < -0.3 is 4.74 Å². The van der Waals surface area contributed by atoms with Gasteiger partial charge in [0.15, 0.2) is 0 Å². The van der Waals surface area contributed by atoms with Crippen molar-refractivity contribution >= 4 is 29.1 Å². The molecule has 0 aliphatic carbocycles. The Labute approximate surface area is 154 Å². The first-order valence-corrected chi connectivity index (χ1v) is 9.69. The number of carbonyl (C=O) groups is 1. The van der Waals surface area contributed by atoms with Crippen LogP contribution < -0.4 is 4.74 Å². The van der Waals surface area contributed by atoms with E-state index in [1.54, 1.807) is 47.4 Å². The van der Waals surface area contributed by atoms with Gasteiger partial charge in [-0.15, -0.1) is 23.1 Å². The van der Waals surface area contributed by atoms with Gasteiger partial charge in [-0.3, -0.25) is 4.79 Å². The number of thioether (sulfide) groups is 1. The third kappa shape index (κ3) is 4.96. The van der Waals surface area contributed by atoms with Crippen molar-refractivity contribution in [2.75, 3.05) is 5.75 Å². The minimum Gasteiger partial charge on any atom is -0.426 e. The molecule has 0 fully saturated rings. The molecule has 0 atom stereocenters. The molecule has 3 aromatic rings. The second kappa shape index (κ2) is 8.52. The minimum absolute atomic E-state index is 0.243. The fraction of sp³-hybridized carbons (Fsp3) is 0.100. The van der Waals surface area contributed by atoms with Crippen molar-refractivity contribution in [1.29, 1.82) is 5.26 Å². The molecule has 0 aliphatic rings. The van der Waals surface area contributed by atoms with Crippen LogP contribution in [-0.4, -0.2) is 11.7 Å². The van der Waals surface area contributed by atoms with Gasteiger partial charge in [-0.05, 0) is 46.8 Å². The summed E-state index contributed by atoms with van der Waals surface area (Å²) in [4.78, 5) is 13.2. The highest BCUT2D eigenvalue weighted by Gasteiger charge is 2.06. The molecule has 5 heteroatoms. The number of carbonyl (C=O) groups excluding carboxylic acids is 1. The molecular weight excluding hydrogens is 350 g/mol. The summed E-state index contributed by atoms with van der Waals surface area (Å²) in [6, 6.07) is 20.9. The Hall–Kier alpha value is -2.55. The van der Waals surface area contributed by atoms with Gasteiger partial charge in [0, 0.05) is 10.6 Å². The summed E-state index contributed by atoms with van der Waals surface area (Å²) in [5.74, 6) is 1.45. The van der Waals surface area contributed by atoms with E-state index in [0.717, 1.165) is 16.9 Å². The van der Waals surface area contributed by atoms with Crippen LogP contribution in [-0.2, 0) is 10.5 Å². The van der Waals surface area contributed by atoms with Crippen molar-refractivity contribution in [1.82, 2.24) is 0 Å². The summed E-state index contributed by atoms with van der Waals surface area (Å²) in [5, 5.41) is 10.9. The van der Waals surface area contributed by atoms with Crippen LogP contribution in [0.5, 0.6) is 5.75 Å². The monoisotopic (exact) mass is 365 g/mol. The third-order valence-corrected chi connectivity index (χ3v) is 5.49. The predicted molar refractivity (Wildman–Crippen MR) is 103 cm³/mol. The molecule has 0 spiro atoms. The summed E-state index contributed by atoms with van der Waals surface area (Å²) in [6.07, 6.45) is 0. The Morgan fingerprint density at radius 2 is 1.72 bits per heavy atom. The Bertz CT molecular complexity index is 864. The number of ether oxygens (including phenoxy) is 1. The maximum absolute atomic E-state index is 11.9. The quantitative estimate of drug-likeness (QED) is 0.449. The van der Waals surface area contributed by atoms with E-state index in [1.807, 2.05) is 35.7 Å². The largest absolute Gasteiger partial charge is 0.426 e. The molecule has 25 heavy (non-hydrogen) atoms. The molecule has 0 saturated heterocycles. The van der Waals surface area contributed by atoms with Crippen molar-refractivity contribution in [2.45, 2.75) is 5.75 Å². The van der Waals surface area contributed by atoms with Crippen molar-refractivity contribution in [2.24, 2.45) is 0 Å². The molecule has 0 saturated carbocycles. The molecule has 0 unspecified atom stereocenters. The van der Waals surface area contributed by atoms with E-state index in [-0.39, 0.29) is 5.97 Å². The van der Waals surface area contributed by atoms with E-state index in [4.69, 9.17) is 10.00 Å². The number of nitrogens with zero attached hydrogens (tertiary/aromatic N) is 1. The first-order valence-electron chi connectivity index (χ1n) is 7.66. The zero-order chi connectivity index (χ0) is 17.5. The number of hydrogen-bond acceptors (Lipinski definition) is 5. The van der Waals surface area contributed by atoms with E-state index >= 15 is 0 Å². The average Bonchev–Trinajstić information content (AvgIpc) is 3.16. The molecule has 1 aromatic heterocycles. The Morgan fingerprint density at radius 3 is 2.32 bits per heavy atom. The summed E-state index contributed by atoms with van der Waals surface area (Å²) in [6.45, 7) is 0. The molecule has 0 aliphatic heterocycles. The summed E-state index contributed by atoms with van der Waals surface area (Å²) < 4.78 is 5.36. The van der Waals surface area contributed by atoms with Crippen LogP contribution in [0.4, 0.5) is 0 Å². The molecule has 124 valence electrons. The fourth-order valence-corrected chi connectivity index (χ4v) is 3.88. The van der Waals surface area contributed by atoms with Crippen LogP contribution >= 0.6 is 23.1 Å². The van der Waals surface area contributed by atoms with E-state index in [0.29, 0.717) is 17.1 Å².